The Morgan fingerprint density at radius 1 is 1.42 bits per heavy atom. The number of aromatic nitrogens is 1. The fourth-order valence-corrected chi connectivity index (χ4v) is 3.67. The van der Waals surface area contributed by atoms with Crippen LogP contribution >= 0.6 is 0 Å². The molecule has 2 aliphatic rings. The van der Waals surface area contributed by atoms with Crippen molar-refractivity contribution in [3.05, 3.63) is 23.0 Å². The summed E-state index contributed by atoms with van der Waals surface area (Å²) in [5, 5.41) is 6.86. The third-order valence-corrected chi connectivity index (χ3v) is 4.91. The summed E-state index contributed by atoms with van der Waals surface area (Å²) in [6.45, 7) is 7.48. The minimum atomic E-state index is 0.332. The summed E-state index contributed by atoms with van der Waals surface area (Å²) in [6, 6.07) is 0.364. The maximum atomic E-state index is 5.92. The van der Waals surface area contributed by atoms with Gasteiger partial charge in [0.2, 0.25) is 0 Å². The average Bonchev–Trinajstić information content (AvgIpc) is 3.17. The summed E-state index contributed by atoms with van der Waals surface area (Å²) in [6.07, 6.45) is 6.03. The van der Waals surface area contributed by atoms with E-state index in [0.29, 0.717) is 24.8 Å². The molecule has 2 N–H and O–H groups in total. The van der Waals surface area contributed by atoms with E-state index in [1.165, 1.54) is 6.42 Å². The zero-order valence-electron chi connectivity index (χ0n) is 15.1. The number of fused-ring (bicyclic) bond motifs is 2. The van der Waals surface area contributed by atoms with E-state index >= 15 is 0 Å². The maximum Gasteiger partial charge on any atom is 0.191 e. The van der Waals surface area contributed by atoms with Gasteiger partial charge in [-0.3, -0.25) is 4.98 Å². The summed E-state index contributed by atoms with van der Waals surface area (Å²) in [5.41, 5.74) is 3.05. The molecule has 3 rings (SSSR count). The molecule has 1 aromatic heterocycles. The fraction of sp³-hybridized carbons (Fsp3) is 0.667. The molecule has 2 fully saturated rings. The molecule has 3 heterocycles. The number of nitrogens with zero attached hydrogens (tertiary/aromatic N) is 2. The van der Waals surface area contributed by atoms with E-state index in [1.807, 2.05) is 20.0 Å². The van der Waals surface area contributed by atoms with Crippen LogP contribution in [0.25, 0.3) is 0 Å². The average molecular weight is 332 g/mol. The predicted molar refractivity (Wildman–Crippen MR) is 94.5 cm³/mol. The molecule has 0 spiro atoms. The standard InChI is InChI=1S/C18H28N4O2/c1-5-19-18(22-14-8-13-6-7-16(14)24-13)21-10-15-12(3)17(23-4)11(2)9-20-15/h9,13-14,16H,5-8,10H2,1-4H3,(H2,19,21,22). The number of hydrogen-bond acceptors (Lipinski definition) is 4. The van der Waals surface area contributed by atoms with Gasteiger partial charge in [-0.15, -0.1) is 0 Å². The molecule has 0 aromatic carbocycles. The van der Waals surface area contributed by atoms with Crippen LogP contribution in [0.5, 0.6) is 5.75 Å². The third kappa shape index (κ3) is 3.48. The number of pyridine rings is 1. The lowest BCUT2D eigenvalue weighted by atomic mass is 9.96. The fourth-order valence-electron chi connectivity index (χ4n) is 3.67. The lowest BCUT2D eigenvalue weighted by molar-refractivity contribution is 0.0992. The van der Waals surface area contributed by atoms with Gasteiger partial charge in [-0.1, -0.05) is 0 Å². The molecule has 3 unspecified atom stereocenters. The van der Waals surface area contributed by atoms with Crippen molar-refractivity contribution in [1.29, 1.82) is 0 Å². The lowest BCUT2D eigenvalue weighted by Gasteiger charge is -2.22. The number of rotatable bonds is 5. The molecule has 6 nitrogen and oxygen atoms in total. The van der Waals surface area contributed by atoms with Gasteiger partial charge in [-0.2, -0.15) is 0 Å². The Hall–Kier alpha value is -1.82. The van der Waals surface area contributed by atoms with Crippen LogP contribution in [0.1, 0.15) is 43.0 Å². The van der Waals surface area contributed by atoms with Crippen LogP contribution in [0.15, 0.2) is 11.2 Å². The molecule has 0 saturated carbocycles. The summed E-state index contributed by atoms with van der Waals surface area (Å²) in [5.74, 6) is 1.73. The van der Waals surface area contributed by atoms with Gasteiger partial charge in [-0.05, 0) is 40.0 Å². The van der Waals surface area contributed by atoms with Crippen LogP contribution in [-0.2, 0) is 11.3 Å². The highest BCUT2D eigenvalue weighted by atomic mass is 16.5. The minimum Gasteiger partial charge on any atom is -0.496 e. The van der Waals surface area contributed by atoms with Gasteiger partial charge in [0.15, 0.2) is 5.96 Å². The summed E-state index contributed by atoms with van der Waals surface area (Å²) in [7, 11) is 1.70. The number of hydrogen-bond donors (Lipinski definition) is 2. The van der Waals surface area contributed by atoms with Crippen molar-refractivity contribution in [2.75, 3.05) is 13.7 Å². The van der Waals surface area contributed by atoms with E-state index in [2.05, 4.69) is 22.5 Å². The Balaban J connectivity index is 1.70. The Kier molecular flexibility index (Phi) is 5.23. The van der Waals surface area contributed by atoms with Gasteiger partial charge in [-0.25, -0.2) is 4.99 Å². The van der Waals surface area contributed by atoms with E-state index in [1.54, 1.807) is 7.11 Å². The SMILES string of the molecule is CCNC(=NCc1ncc(C)c(OC)c1C)NC1CC2CCC1O2. The number of aryl methyl sites for hydroxylation is 1. The van der Waals surface area contributed by atoms with Crippen LogP contribution in [-0.4, -0.2) is 42.8 Å². The Bertz CT molecular complexity index is 617. The van der Waals surface area contributed by atoms with Crippen LogP contribution in [0.2, 0.25) is 0 Å². The smallest absolute Gasteiger partial charge is 0.191 e. The minimum absolute atomic E-state index is 0.332. The molecule has 2 aliphatic heterocycles. The van der Waals surface area contributed by atoms with Crippen molar-refractivity contribution >= 4 is 5.96 Å². The number of nitrogens with one attached hydrogen (secondary N) is 2. The first-order chi connectivity index (χ1) is 11.6. The van der Waals surface area contributed by atoms with Gasteiger partial charge >= 0.3 is 0 Å². The topological polar surface area (TPSA) is 67.8 Å². The highest BCUT2D eigenvalue weighted by Gasteiger charge is 2.41. The molecule has 2 bridgehead atoms. The summed E-state index contributed by atoms with van der Waals surface area (Å²) < 4.78 is 11.4. The molecule has 6 heteroatoms. The molecule has 1 aromatic rings. The largest absolute Gasteiger partial charge is 0.496 e. The first kappa shape index (κ1) is 17.0. The van der Waals surface area contributed by atoms with E-state index in [4.69, 9.17) is 14.5 Å². The van der Waals surface area contributed by atoms with E-state index in [0.717, 1.165) is 47.9 Å². The number of aliphatic imine (C=N–C) groups is 1. The molecule has 24 heavy (non-hydrogen) atoms. The second-order valence-electron chi connectivity index (χ2n) is 6.60. The zero-order chi connectivity index (χ0) is 17.1. The molecule has 2 saturated heterocycles. The summed E-state index contributed by atoms with van der Waals surface area (Å²) in [4.78, 5) is 9.24. The number of methoxy groups -OCH3 is 1. The molecule has 0 aliphatic carbocycles. The molecular formula is C18H28N4O2. The normalized spacial score (nSPS) is 25.8. The van der Waals surface area contributed by atoms with Crippen LogP contribution in [0.3, 0.4) is 0 Å². The highest BCUT2D eigenvalue weighted by molar-refractivity contribution is 5.80. The maximum absolute atomic E-state index is 5.92. The van der Waals surface area contributed by atoms with Crippen molar-refractivity contribution in [3.63, 3.8) is 0 Å². The molecule has 0 radical (unpaired) electrons. The van der Waals surface area contributed by atoms with Gasteiger partial charge in [0.1, 0.15) is 5.75 Å². The Labute approximate surface area is 144 Å². The number of guanidine groups is 1. The van der Waals surface area contributed by atoms with E-state index in [9.17, 15) is 0 Å². The zero-order valence-corrected chi connectivity index (χ0v) is 15.1. The van der Waals surface area contributed by atoms with Crippen molar-refractivity contribution in [2.45, 2.75) is 64.8 Å². The van der Waals surface area contributed by atoms with Crippen LogP contribution in [0, 0.1) is 13.8 Å². The predicted octanol–water partition coefficient (Wildman–Crippen LogP) is 2.08. The number of ether oxygens (including phenoxy) is 2. The van der Waals surface area contributed by atoms with Crippen molar-refractivity contribution in [3.8, 4) is 5.75 Å². The highest BCUT2D eigenvalue weighted by Crippen LogP contribution is 2.34. The molecule has 3 atom stereocenters. The summed E-state index contributed by atoms with van der Waals surface area (Å²) >= 11 is 0. The quantitative estimate of drug-likeness (QED) is 0.638. The second kappa shape index (κ2) is 7.38. The van der Waals surface area contributed by atoms with Crippen LogP contribution in [0.4, 0.5) is 0 Å². The van der Waals surface area contributed by atoms with Crippen molar-refractivity contribution in [2.24, 2.45) is 4.99 Å². The first-order valence-electron chi connectivity index (χ1n) is 8.81. The van der Waals surface area contributed by atoms with Crippen molar-refractivity contribution < 1.29 is 9.47 Å². The Morgan fingerprint density at radius 2 is 2.25 bits per heavy atom. The molecular weight excluding hydrogens is 304 g/mol. The molecule has 0 amide bonds. The van der Waals surface area contributed by atoms with E-state index < -0.39 is 0 Å². The van der Waals surface area contributed by atoms with Gasteiger partial charge in [0, 0.05) is 23.9 Å². The lowest BCUT2D eigenvalue weighted by Crippen LogP contribution is -2.47. The first-order valence-corrected chi connectivity index (χ1v) is 8.81. The molecule has 132 valence electrons. The van der Waals surface area contributed by atoms with Crippen molar-refractivity contribution in [1.82, 2.24) is 15.6 Å². The van der Waals surface area contributed by atoms with E-state index in [-0.39, 0.29) is 0 Å². The third-order valence-electron chi connectivity index (χ3n) is 4.91. The van der Waals surface area contributed by atoms with Crippen LogP contribution < -0.4 is 15.4 Å². The van der Waals surface area contributed by atoms with Gasteiger partial charge in [0.05, 0.1) is 37.6 Å². The van der Waals surface area contributed by atoms with Gasteiger partial charge in [0.25, 0.3) is 0 Å². The van der Waals surface area contributed by atoms with Gasteiger partial charge < -0.3 is 20.1 Å². The second-order valence-corrected chi connectivity index (χ2v) is 6.60. The monoisotopic (exact) mass is 332 g/mol. The Morgan fingerprint density at radius 3 is 2.88 bits per heavy atom.